The van der Waals surface area contributed by atoms with Gasteiger partial charge in [0, 0.05) is 6.08 Å². The summed E-state index contributed by atoms with van der Waals surface area (Å²) in [6.45, 7) is 1.21. The summed E-state index contributed by atoms with van der Waals surface area (Å²) in [6.07, 6.45) is -10.3. The maximum absolute atomic E-state index is 12.0. The van der Waals surface area contributed by atoms with E-state index >= 15 is 0 Å². The predicted octanol–water partition coefficient (Wildman–Crippen LogP) is 1.89. The molecule has 0 aromatic carbocycles. The van der Waals surface area contributed by atoms with E-state index in [4.69, 9.17) is 0 Å². The van der Waals surface area contributed by atoms with Gasteiger partial charge in [-0.3, -0.25) is 0 Å². The lowest BCUT2D eigenvalue weighted by Crippen LogP contribution is -2.39. The molecule has 0 heterocycles. The lowest BCUT2D eigenvalue weighted by atomic mass is 10.6. The van der Waals surface area contributed by atoms with Crippen LogP contribution in [0.2, 0.25) is 0 Å². The molecule has 0 N–H and O–H groups in total. The Bertz CT molecular complexity index is 235. The molecule has 0 bridgehead atoms. The first-order valence-electron chi connectivity index (χ1n) is 3.58. The monoisotopic (exact) mass is 234 g/mol. The molecule has 0 spiro atoms. The van der Waals surface area contributed by atoms with Gasteiger partial charge in [0.2, 0.25) is 0 Å². The van der Waals surface area contributed by atoms with Crippen LogP contribution in [-0.2, 0) is 14.3 Å². The van der Waals surface area contributed by atoms with E-state index in [1.165, 1.54) is 0 Å². The molecule has 0 unspecified atom stereocenters. The summed E-state index contributed by atoms with van der Waals surface area (Å²) < 4.78 is 65.9. The molecule has 3 nitrogen and oxygen atoms in total. The van der Waals surface area contributed by atoms with Crippen molar-refractivity contribution in [2.75, 3.05) is 13.2 Å². The fourth-order valence-corrected chi connectivity index (χ4v) is 0.453. The lowest BCUT2D eigenvalue weighted by Gasteiger charge is -2.18. The second-order valence-corrected chi connectivity index (χ2v) is 2.23. The Labute approximate surface area is 81.5 Å². The number of esters is 1. The highest BCUT2D eigenvalue weighted by Gasteiger charge is 2.59. The zero-order valence-electron chi connectivity index (χ0n) is 7.31. The van der Waals surface area contributed by atoms with Gasteiger partial charge in [0.25, 0.3) is 0 Å². The molecule has 8 heteroatoms. The highest BCUT2D eigenvalue weighted by Crippen LogP contribution is 2.35. The first-order valence-corrected chi connectivity index (χ1v) is 3.58. The third kappa shape index (κ3) is 4.73. The Morgan fingerprint density at radius 3 is 2.13 bits per heavy atom. The summed E-state index contributed by atoms with van der Waals surface area (Å²) in [4.78, 5) is 10.3. The first-order chi connectivity index (χ1) is 6.70. The molecular weight excluding hydrogens is 227 g/mol. The molecule has 15 heavy (non-hydrogen) atoms. The number of hydrogen-bond donors (Lipinski definition) is 0. The SMILES string of the molecule is C=CC(=O)OCCOC(F)(F)C(F)(F)F. The van der Waals surface area contributed by atoms with Crippen LogP contribution in [0, 0.1) is 0 Å². The molecule has 0 fully saturated rings. The normalized spacial score (nSPS) is 12.3. The van der Waals surface area contributed by atoms with Crippen molar-refractivity contribution >= 4 is 5.97 Å². The highest BCUT2D eigenvalue weighted by atomic mass is 19.4. The Morgan fingerprint density at radius 1 is 1.20 bits per heavy atom. The van der Waals surface area contributed by atoms with Crippen LogP contribution in [-0.4, -0.2) is 31.5 Å². The van der Waals surface area contributed by atoms with Gasteiger partial charge in [-0.05, 0) is 0 Å². The van der Waals surface area contributed by atoms with Crippen molar-refractivity contribution in [3.63, 3.8) is 0 Å². The van der Waals surface area contributed by atoms with Crippen molar-refractivity contribution in [2.45, 2.75) is 12.3 Å². The van der Waals surface area contributed by atoms with Crippen molar-refractivity contribution in [3.8, 4) is 0 Å². The van der Waals surface area contributed by atoms with Crippen molar-refractivity contribution < 1.29 is 36.2 Å². The molecule has 0 aliphatic heterocycles. The van der Waals surface area contributed by atoms with Gasteiger partial charge < -0.3 is 9.47 Å². The Balaban J connectivity index is 3.86. The van der Waals surface area contributed by atoms with Gasteiger partial charge >= 0.3 is 18.3 Å². The fraction of sp³-hybridized carbons (Fsp3) is 0.571. The predicted molar refractivity (Wildman–Crippen MR) is 38.1 cm³/mol. The summed E-state index contributed by atoms with van der Waals surface area (Å²) in [5.74, 6) is -0.936. The van der Waals surface area contributed by atoms with Crippen LogP contribution in [0.1, 0.15) is 0 Å². The largest absolute Gasteiger partial charge is 0.482 e. The number of halogens is 5. The average molecular weight is 234 g/mol. The van der Waals surface area contributed by atoms with Crippen molar-refractivity contribution in [3.05, 3.63) is 12.7 Å². The minimum atomic E-state index is -5.78. The van der Waals surface area contributed by atoms with Gasteiger partial charge in [-0.2, -0.15) is 22.0 Å². The van der Waals surface area contributed by atoms with Crippen molar-refractivity contribution in [1.29, 1.82) is 0 Å². The van der Waals surface area contributed by atoms with Gasteiger partial charge in [-0.1, -0.05) is 6.58 Å². The quantitative estimate of drug-likeness (QED) is 0.315. The minimum Gasteiger partial charge on any atom is -0.460 e. The smallest absolute Gasteiger partial charge is 0.460 e. The van der Waals surface area contributed by atoms with Gasteiger partial charge in [-0.15, -0.1) is 0 Å². The molecule has 0 saturated carbocycles. The zero-order valence-corrected chi connectivity index (χ0v) is 7.31. The summed E-state index contributed by atoms with van der Waals surface area (Å²) in [7, 11) is 0. The van der Waals surface area contributed by atoms with Gasteiger partial charge in [-0.25, -0.2) is 4.79 Å². The second-order valence-electron chi connectivity index (χ2n) is 2.23. The number of carbonyl (C=O) groups excluding carboxylic acids is 1. The molecule has 0 rings (SSSR count). The van der Waals surface area contributed by atoms with Crippen LogP contribution in [0.3, 0.4) is 0 Å². The van der Waals surface area contributed by atoms with E-state index in [2.05, 4.69) is 16.1 Å². The topological polar surface area (TPSA) is 35.5 Å². The first kappa shape index (κ1) is 13.8. The van der Waals surface area contributed by atoms with Crippen LogP contribution in [0.5, 0.6) is 0 Å². The average Bonchev–Trinajstić information content (AvgIpc) is 2.10. The number of alkyl halides is 5. The molecule has 0 aliphatic carbocycles. The van der Waals surface area contributed by atoms with Crippen LogP contribution < -0.4 is 0 Å². The molecule has 0 atom stereocenters. The summed E-state index contributed by atoms with van der Waals surface area (Å²) in [5, 5.41) is 0. The van der Waals surface area contributed by atoms with E-state index in [1.54, 1.807) is 0 Å². The second kappa shape index (κ2) is 5.06. The molecule has 0 aromatic heterocycles. The van der Waals surface area contributed by atoms with Crippen LogP contribution in [0.25, 0.3) is 0 Å². The van der Waals surface area contributed by atoms with Crippen molar-refractivity contribution in [1.82, 2.24) is 0 Å². The summed E-state index contributed by atoms with van der Waals surface area (Å²) >= 11 is 0. The van der Waals surface area contributed by atoms with E-state index in [-0.39, 0.29) is 0 Å². The van der Waals surface area contributed by atoms with Gasteiger partial charge in [0.15, 0.2) is 0 Å². The number of hydrogen-bond acceptors (Lipinski definition) is 3. The molecule has 0 amide bonds. The van der Waals surface area contributed by atoms with Gasteiger partial charge in [0.05, 0.1) is 6.61 Å². The Morgan fingerprint density at radius 2 is 1.73 bits per heavy atom. The molecule has 88 valence electrons. The minimum absolute atomic E-state index is 0.712. The molecule has 0 radical (unpaired) electrons. The third-order valence-electron chi connectivity index (χ3n) is 1.11. The van der Waals surface area contributed by atoms with E-state index in [9.17, 15) is 26.7 Å². The number of rotatable bonds is 5. The van der Waals surface area contributed by atoms with E-state index in [1.807, 2.05) is 0 Å². The fourth-order valence-electron chi connectivity index (χ4n) is 0.453. The Hall–Kier alpha value is -1.18. The van der Waals surface area contributed by atoms with Crippen LogP contribution in [0.4, 0.5) is 22.0 Å². The standard InChI is InChI=1S/C7H7F5O3/c1-2-5(13)14-3-4-15-7(11,12)6(8,9)10/h2H,1,3-4H2. The molecular formula is C7H7F5O3. The number of carbonyl (C=O) groups is 1. The molecule has 0 aliphatic rings. The van der Waals surface area contributed by atoms with Crippen LogP contribution in [0.15, 0.2) is 12.7 Å². The third-order valence-corrected chi connectivity index (χ3v) is 1.11. The van der Waals surface area contributed by atoms with E-state index in [0.717, 1.165) is 6.08 Å². The summed E-state index contributed by atoms with van der Waals surface area (Å²) in [5.41, 5.74) is 0. The maximum atomic E-state index is 12.0. The summed E-state index contributed by atoms with van der Waals surface area (Å²) in [6, 6.07) is 0. The zero-order chi connectivity index (χ0) is 12.1. The highest BCUT2D eigenvalue weighted by molar-refractivity contribution is 5.81. The lowest BCUT2D eigenvalue weighted by molar-refractivity contribution is -0.391. The molecule has 0 aromatic rings. The van der Waals surface area contributed by atoms with Crippen molar-refractivity contribution in [2.24, 2.45) is 0 Å². The Kier molecular flexibility index (Phi) is 4.66. The molecule has 0 saturated heterocycles. The van der Waals surface area contributed by atoms with Gasteiger partial charge in [0.1, 0.15) is 6.61 Å². The maximum Gasteiger partial charge on any atom is 0.482 e. The van der Waals surface area contributed by atoms with E-state index < -0.39 is 31.5 Å². The number of ether oxygens (including phenoxy) is 2. The van der Waals surface area contributed by atoms with Crippen LogP contribution >= 0.6 is 0 Å². The van der Waals surface area contributed by atoms with E-state index in [0.29, 0.717) is 0 Å².